The number of halogens is 1. The summed E-state index contributed by atoms with van der Waals surface area (Å²) in [6.07, 6.45) is 2.58. The van der Waals surface area contributed by atoms with Crippen LogP contribution in [0.25, 0.3) is 10.4 Å². The molecule has 0 spiro atoms. The van der Waals surface area contributed by atoms with Gasteiger partial charge in [-0.25, -0.2) is 0 Å². The van der Waals surface area contributed by atoms with Crippen molar-refractivity contribution in [2.75, 3.05) is 33.2 Å². The summed E-state index contributed by atoms with van der Waals surface area (Å²) in [5.74, 6) is 0.123. The Kier molecular flexibility index (Phi) is 5.51. The summed E-state index contributed by atoms with van der Waals surface area (Å²) < 4.78 is 1.07. The first-order chi connectivity index (χ1) is 11.1. The SMILES string of the molecule is CN(CCN1CCCC1)C(=O)c1ccc(-c2ccc(Br)cc2)s1. The molecule has 1 aliphatic heterocycles. The van der Waals surface area contributed by atoms with E-state index in [1.54, 1.807) is 11.3 Å². The van der Waals surface area contributed by atoms with Gasteiger partial charge in [0.1, 0.15) is 0 Å². The van der Waals surface area contributed by atoms with E-state index < -0.39 is 0 Å². The van der Waals surface area contributed by atoms with E-state index >= 15 is 0 Å². The Labute approximate surface area is 150 Å². The molecular formula is C18H21BrN2OS. The number of benzene rings is 1. The molecule has 2 heterocycles. The summed E-state index contributed by atoms with van der Waals surface area (Å²) >= 11 is 5.02. The van der Waals surface area contributed by atoms with Crippen molar-refractivity contribution < 1.29 is 4.79 Å². The first-order valence-corrected chi connectivity index (χ1v) is 9.58. The van der Waals surface area contributed by atoms with Crippen molar-refractivity contribution in [1.82, 2.24) is 9.80 Å². The maximum absolute atomic E-state index is 12.6. The molecule has 3 rings (SSSR count). The van der Waals surface area contributed by atoms with Crippen LogP contribution in [0, 0.1) is 0 Å². The predicted octanol–water partition coefficient (Wildman–Crippen LogP) is 4.35. The number of amides is 1. The molecule has 0 atom stereocenters. The van der Waals surface area contributed by atoms with Crippen LogP contribution in [0.4, 0.5) is 0 Å². The summed E-state index contributed by atoms with van der Waals surface area (Å²) in [4.78, 5) is 18.8. The molecule has 1 amide bonds. The fourth-order valence-corrected chi connectivity index (χ4v) is 4.08. The second-order valence-corrected chi connectivity index (χ2v) is 7.95. The average Bonchev–Trinajstić information content (AvgIpc) is 3.24. The normalized spacial score (nSPS) is 15.0. The van der Waals surface area contributed by atoms with Crippen molar-refractivity contribution in [1.29, 1.82) is 0 Å². The van der Waals surface area contributed by atoms with Crippen molar-refractivity contribution in [2.24, 2.45) is 0 Å². The Morgan fingerprint density at radius 3 is 2.57 bits per heavy atom. The van der Waals surface area contributed by atoms with Gasteiger partial charge in [0.15, 0.2) is 0 Å². The summed E-state index contributed by atoms with van der Waals surface area (Å²) in [6, 6.07) is 12.2. The van der Waals surface area contributed by atoms with E-state index in [1.165, 1.54) is 25.9 Å². The molecule has 23 heavy (non-hydrogen) atoms. The minimum atomic E-state index is 0.123. The Bertz CT molecular complexity index is 662. The third-order valence-corrected chi connectivity index (χ3v) is 5.89. The van der Waals surface area contributed by atoms with Crippen molar-refractivity contribution in [3.63, 3.8) is 0 Å². The van der Waals surface area contributed by atoms with Crippen molar-refractivity contribution in [3.8, 4) is 10.4 Å². The fraction of sp³-hybridized carbons (Fsp3) is 0.389. The summed E-state index contributed by atoms with van der Waals surface area (Å²) in [5, 5.41) is 0. The zero-order valence-corrected chi connectivity index (χ0v) is 15.7. The van der Waals surface area contributed by atoms with Gasteiger partial charge in [0.25, 0.3) is 5.91 Å². The Morgan fingerprint density at radius 2 is 1.87 bits per heavy atom. The third kappa shape index (κ3) is 4.22. The quantitative estimate of drug-likeness (QED) is 0.754. The lowest BCUT2D eigenvalue weighted by molar-refractivity contribution is 0.0787. The van der Waals surface area contributed by atoms with E-state index in [-0.39, 0.29) is 5.91 Å². The van der Waals surface area contributed by atoms with Crippen LogP contribution in [0.2, 0.25) is 0 Å². The molecule has 1 aromatic carbocycles. The Hall–Kier alpha value is -1.17. The summed E-state index contributed by atoms with van der Waals surface area (Å²) in [6.45, 7) is 4.13. The monoisotopic (exact) mass is 392 g/mol. The molecule has 0 unspecified atom stereocenters. The lowest BCUT2D eigenvalue weighted by atomic mass is 10.2. The van der Waals surface area contributed by atoms with Crippen LogP contribution in [0.5, 0.6) is 0 Å². The number of carbonyl (C=O) groups excluding carboxylic acids is 1. The molecule has 0 bridgehead atoms. The number of carbonyl (C=O) groups is 1. The number of nitrogens with zero attached hydrogens (tertiary/aromatic N) is 2. The highest BCUT2D eigenvalue weighted by Crippen LogP contribution is 2.29. The number of thiophene rings is 1. The molecule has 2 aromatic rings. The van der Waals surface area contributed by atoms with E-state index in [0.29, 0.717) is 0 Å². The van der Waals surface area contributed by atoms with Crippen LogP contribution in [-0.4, -0.2) is 48.9 Å². The van der Waals surface area contributed by atoms with Crippen molar-refractivity contribution in [3.05, 3.63) is 45.7 Å². The highest BCUT2D eigenvalue weighted by molar-refractivity contribution is 9.10. The molecule has 1 aliphatic rings. The standard InChI is InChI=1S/C18H21BrN2OS/c1-20(12-13-21-10-2-3-11-21)18(22)17-9-8-16(23-17)14-4-6-15(19)7-5-14/h4-9H,2-3,10-13H2,1H3. The van der Waals surface area contributed by atoms with E-state index in [1.807, 2.05) is 36.2 Å². The molecule has 0 aliphatic carbocycles. The average molecular weight is 393 g/mol. The lowest BCUT2D eigenvalue weighted by Crippen LogP contribution is -2.34. The van der Waals surface area contributed by atoms with Crippen LogP contribution in [0.3, 0.4) is 0 Å². The number of likely N-dealkylation sites (tertiary alicyclic amines) is 1. The Morgan fingerprint density at radius 1 is 1.17 bits per heavy atom. The van der Waals surface area contributed by atoms with E-state index in [9.17, 15) is 4.79 Å². The molecule has 5 heteroatoms. The zero-order valence-electron chi connectivity index (χ0n) is 13.3. The second-order valence-electron chi connectivity index (χ2n) is 5.95. The van der Waals surface area contributed by atoms with Gasteiger partial charge in [0, 0.05) is 29.5 Å². The van der Waals surface area contributed by atoms with Crippen molar-refractivity contribution in [2.45, 2.75) is 12.8 Å². The number of likely N-dealkylation sites (N-methyl/N-ethyl adjacent to an activating group) is 1. The van der Waals surface area contributed by atoms with Crippen LogP contribution in [-0.2, 0) is 0 Å². The molecule has 0 radical (unpaired) electrons. The second kappa shape index (κ2) is 7.60. The molecule has 122 valence electrons. The largest absolute Gasteiger partial charge is 0.340 e. The Balaban J connectivity index is 1.62. The molecule has 1 aromatic heterocycles. The molecule has 1 fully saturated rings. The minimum Gasteiger partial charge on any atom is -0.340 e. The summed E-state index contributed by atoms with van der Waals surface area (Å²) in [7, 11) is 1.90. The van der Waals surface area contributed by atoms with Gasteiger partial charge in [-0.2, -0.15) is 0 Å². The van der Waals surface area contributed by atoms with Crippen LogP contribution >= 0.6 is 27.3 Å². The highest BCUT2D eigenvalue weighted by atomic mass is 79.9. The fourth-order valence-electron chi connectivity index (χ4n) is 2.81. The van der Waals surface area contributed by atoms with Gasteiger partial charge in [-0.3, -0.25) is 4.79 Å². The molecule has 3 nitrogen and oxygen atoms in total. The van der Waals surface area contributed by atoms with E-state index in [4.69, 9.17) is 0 Å². The number of hydrogen-bond acceptors (Lipinski definition) is 3. The first kappa shape index (κ1) is 16.7. The lowest BCUT2D eigenvalue weighted by Gasteiger charge is -2.21. The topological polar surface area (TPSA) is 23.6 Å². The van der Waals surface area contributed by atoms with Gasteiger partial charge in [-0.05, 0) is 55.8 Å². The van der Waals surface area contributed by atoms with Crippen LogP contribution in [0.1, 0.15) is 22.5 Å². The molecule has 0 N–H and O–H groups in total. The van der Waals surface area contributed by atoms with Gasteiger partial charge < -0.3 is 9.80 Å². The van der Waals surface area contributed by atoms with Gasteiger partial charge >= 0.3 is 0 Å². The summed E-state index contributed by atoms with van der Waals surface area (Å²) in [5.41, 5.74) is 1.15. The van der Waals surface area contributed by atoms with Gasteiger partial charge in [0.2, 0.25) is 0 Å². The van der Waals surface area contributed by atoms with Crippen molar-refractivity contribution >= 4 is 33.2 Å². The van der Waals surface area contributed by atoms with Gasteiger partial charge in [-0.1, -0.05) is 28.1 Å². The molecular weight excluding hydrogens is 372 g/mol. The number of rotatable bonds is 5. The predicted molar refractivity (Wildman–Crippen MR) is 100 cm³/mol. The third-order valence-electron chi connectivity index (χ3n) is 4.24. The van der Waals surface area contributed by atoms with E-state index in [2.05, 4.69) is 33.0 Å². The smallest absolute Gasteiger partial charge is 0.263 e. The van der Waals surface area contributed by atoms with E-state index in [0.717, 1.165) is 32.9 Å². The number of hydrogen-bond donors (Lipinski definition) is 0. The first-order valence-electron chi connectivity index (χ1n) is 7.97. The minimum absolute atomic E-state index is 0.123. The van der Waals surface area contributed by atoms with Gasteiger partial charge in [0.05, 0.1) is 4.88 Å². The van der Waals surface area contributed by atoms with Gasteiger partial charge in [-0.15, -0.1) is 11.3 Å². The van der Waals surface area contributed by atoms with Crippen LogP contribution in [0.15, 0.2) is 40.9 Å². The maximum Gasteiger partial charge on any atom is 0.263 e. The maximum atomic E-state index is 12.6. The molecule has 1 saturated heterocycles. The zero-order chi connectivity index (χ0) is 16.2. The van der Waals surface area contributed by atoms with Crippen LogP contribution < -0.4 is 0 Å². The molecule has 0 saturated carbocycles. The highest BCUT2D eigenvalue weighted by Gasteiger charge is 2.17.